The molecule has 2 unspecified atom stereocenters. The van der Waals surface area contributed by atoms with Gasteiger partial charge in [-0.2, -0.15) is 4.39 Å². The molecule has 1 heterocycles. The van der Waals surface area contributed by atoms with Gasteiger partial charge in [-0.25, -0.2) is 9.18 Å². The normalized spacial score (nSPS) is 23.8. The van der Waals surface area contributed by atoms with E-state index in [1.54, 1.807) is 48.5 Å². The number of alkyl halides is 1. The largest absolute Gasteiger partial charge is 0.420 e. The van der Waals surface area contributed by atoms with Crippen LogP contribution in [0.25, 0.3) is 5.57 Å². The van der Waals surface area contributed by atoms with E-state index in [2.05, 4.69) is 0 Å². The monoisotopic (exact) mass is 438 g/mol. The molecule has 0 bridgehead atoms. The summed E-state index contributed by atoms with van der Waals surface area (Å²) in [6.07, 6.45) is 2.20. The summed E-state index contributed by atoms with van der Waals surface area (Å²) < 4.78 is 37.0. The van der Waals surface area contributed by atoms with Gasteiger partial charge in [-0.3, -0.25) is 4.79 Å². The van der Waals surface area contributed by atoms with Crippen LogP contribution in [-0.4, -0.2) is 60.8 Å². The molecule has 7 heteroatoms. The lowest BCUT2D eigenvalue weighted by Gasteiger charge is -2.38. The lowest BCUT2D eigenvalue weighted by Crippen LogP contribution is -2.54. The van der Waals surface area contributed by atoms with Crippen molar-refractivity contribution in [2.75, 3.05) is 33.2 Å². The first-order valence-electron chi connectivity index (χ1n) is 10.5. The van der Waals surface area contributed by atoms with Gasteiger partial charge in [0.25, 0.3) is 5.85 Å². The molecule has 2 aliphatic rings. The average Bonchev–Trinajstić information content (AvgIpc) is 2.80. The zero-order valence-corrected chi connectivity index (χ0v) is 17.7. The first-order valence-corrected chi connectivity index (χ1v) is 10.5. The van der Waals surface area contributed by atoms with E-state index in [1.807, 2.05) is 11.9 Å². The molecule has 1 saturated heterocycles. The number of rotatable bonds is 4. The Balaban J connectivity index is 1.70. The van der Waals surface area contributed by atoms with Gasteiger partial charge in [0.2, 0.25) is 5.91 Å². The number of allylic oxidation sites excluding steroid dienone is 2. The van der Waals surface area contributed by atoms with E-state index < -0.39 is 29.5 Å². The molecule has 0 radical (unpaired) electrons. The molecule has 0 aromatic heterocycles. The van der Waals surface area contributed by atoms with Gasteiger partial charge in [0.05, 0.1) is 5.56 Å². The maximum Gasteiger partial charge on any atom is 0.341 e. The summed E-state index contributed by atoms with van der Waals surface area (Å²) in [6.45, 7) is 1.86. The van der Waals surface area contributed by atoms with Crippen molar-refractivity contribution in [3.05, 3.63) is 89.8 Å². The number of piperazine rings is 1. The molecule has 32 heavy (non-hydrogen) atoms. The van der Waals surface area contributed by atoms with Crippen LogP contribution in [0.5, 0.6) is 0 Å². The molecule has 1 fully saturated rings. The average molecular weight is 438 g/mol. The number of halogens is 2. The lowest BCUT2D eigenvalue weighted by atomic mass is 9.86. The summed E-state index contributed by atoms with van der Waals surface area (Å²) >= 11 is 0. The van der Waals surface area contributed by atoms with Crippen LogP contribution in [0.4, 0.5) is 8.78 Å². The Morgan fingerprint density at radius 2 is 1.56 bits per heavy atom. The maximum absolute atomic E-state index is 16.1. The summed E-state index contributed by atoms with van der Waals surface area (Å²) in [5, 5.41) is 0. The summed E-state index contributed by atoms with van der Waals surface area (Å²) in [6, 6.07) is 16.5. The van der Waals surface area contributed by atoms with Gasteiger partial charge >= 0.3 is 5.97 Å². The third kappa shape index (κ3) is 4.34. The highest BCUT2D eigenvalue weighted by Crippen LogP contribution is 2.43. The molecule has 0 N–H and O–H groups in total. The van der Waals surface area contributed by atoms with Crippen LogP contribution in [-0.2, 0) is 9.53 Å². The summed E-state index contributed by atoms with van der Waals surface area (Å²) in [4.78, 5) is 29.4. The van der Waals surface area contributed by atoms with Gasteiger partial charge in [-0.1, -0.05) is 48.5 Å². The van der Waals surface area contributed by atoms with Crippen molar-refractivity contribution >= 4 is 17.4 Å². The third-order valence-electron chi connectivity index (χ3n) is 5.79. The molecule has 0 saturated carbocycles. The van der Waals surface area contributed by atoms with Crippen molar-refractivity contribution in [3.63, 3.8) is 0 Å². The van der Waals surface area contributed by atoms with Crippen LogP contribution in [0, 0.1) is 5.92 Å². The molecule has 1 aliphatic heterocycles. The summed E-state index contributed by atoms with van der Waals surface area (Å²) in [5.41, 5.74) is 0.720. The molecule has 2 atom stereocenters. The number of nitrogens with zero attached hydrogens (tertiary/aromatic N) is 2. The van der Waals surface area contributed by atoms with Gasteiger partial charge in [0.1, 0.15) is 5.83 Å². The van der Waals surface area contributed by atoms with Crippen molar-refractivity contribution in [1.29, 1.82) is 0 Å². The van der Waals surface area contributed by atoms with Gasteiger partial charge in [0, 0.05) is 31.8 Å². The molecule has 0 spiro atoms. The van der Waals surface area contributed by atoms with Crippen LogP contribution in [0.1, 0.15) is 15.9 Å². The van der Waals surface area contributed by atoms with E-state index in [0.717, 1.165) is 6.08 Å². The van der Waals surface area contributed by atoms with Crippen LogP contribution in [0.15, 0.2) is 78.6 Å². The molecule has 1 amide bonds. The van der Waals surface area contributed by atoms with Crippen LogP contribution >= 0.6 is 0 Å². The Labute approximate surface area is 185 Å². The smallest absolute Gasteiger partial charge is 0.341 e. The highest BCUT2D eigenvalue weighted by Gasteiger charge is 2.52. The summed E-state index contributed by atoms with van der Waals surface area (Å²) in [7, 11) is 1.92. The van der Waals surface area contributed by atoms with Gasteiger partial charge in [-0.15, -0.1) is 0 Å². The predicted molar refractivity (Wildman–Crippen MR) is 117 cm³/mol. The van der Waals surface area contributed by atoms with Crippen LogP contribution in [0.2, 0.25) is 0 Å². The fraction of sp³-hybridized carbons (Fsp3) is 0.280. The van der Waals surface area contributed by atoms with Crippen LogP contribution < -0.4 is 0 Å². The maximum atomic E-state index is 16.1. The number of hydrogen-bond acceptors (Lipinski definition) is 4. The number of hydrogen-bond donors (Lipinski definition) is 0. The number of ether oxygens (including phenoxy) is 1. The number of amides is 1. The first-order chi connectivity index (χ1) is 15.4. The lowest BCUT2D eigenvalue weighted by molar-refractivity contribution is -0.155. The molecule has 1 aliphatic carbocycles. The Morgan fingerprint density at radius 3 is 2.19 bits per heavy atom. The minimum Gasteiger partial charge on any atom is -0.420 e. The van der Waals surface area contributed by atoms with Crippen molar-refractivity contribution in [1.82, 2.24) is 9.80 Å². The van der Waals surface area contributed by atoms with E-state index in [-0.39, 0.29) is 11.1 Å². The zero-order chi connectivity index (χ0) is 22.7. The number of benzene rings is 2. The fourth-order valence-electron chi connectivity index (χ4n) is 3.91. The van der Waals surface area contributed by atoms with Crippen molar-refractivity contribution in [3.8, 4) is 0 Å². The van der Waals surface area contributed by atoms with Gasteiger partial charge < -0.3 is 14.5 Å². The number of carbonyl (C=O) groups is 2. The highest BCUT2D eigenvalue weighted by atomic mass is 19.2. The molecule has 4 rings (SSSR count). The van der Waals surface area contributed by atoms with E-state index >= 15 is 8.78 Å². The Hall–Kier alpha value is -3.32. The Morgan fingerprint density at radius 1 is 0.969 bits per heavy atom. The Bertz CT molecular complexity index is 1050. The third-order valence-corrected chi connectivity index (χ3v) is 5.79. The number of carbonyl (C=O) groups excluding carboxylic acids is 2. The molecular formula is C25H24F2N2O3. The summed E-state index contributed by atoms with van der Waals surface area (Å²) in [5.74, 6) is -7.53. The van der Waals surface area contributed by atoms with E-state index in [0.29, 0.717) is 31.7 Å². The van der Waals surface area contributed by atoms with Crippen molar-refractivity contribution < 1.29 is 23.1 Å². The second-order valence-corrected chi connectivity index (χ2v) is 7.98. The number of esters is 1. The minimum absolute atomic E-state index is 0.0992. The molecule has 166 valence electrons. The second-order valence-electron chi connectivity index (χ2n) is 7.98. The van der Waals surface area contributed by atoms with Gasteiger partial charge in [-0.05, 0) is 36.9 Å². The predicted octanol–water partition coefficient (Wildman–Crippen LogP) is 3.85. The molecule has 5 nitrogen and oxygen atoms in total. The zero-order valence-electron chi connectivity index (χ0n) is 17.7. The minimum atomic E-state index is -2.95. The van der Waals surface area contributed by atoms with E-state index in [9.17, 15) is 9.59 Å². The second kappa shape index (κ2) is 9.04. The fourth-order valence-corrected chi connectivity index (χ4v) is 3.91. The molecular weight excluding hydrogens is 414 g/mol. The van der Waals surface area contributed by atoms with E-state index in [1.165, 1.54) is 23.1 Å². The van der Waals surface area contributed by atoms with Gasteiger partial charge in [0.15, 0.2) is 5.92 Å². The Kier molecular flexibility index (Phi) is 6.19. The topological polar surface area (TPSA) is 49.9 Å². The molecule has 2 aromatic carbocycles. The first kappa shape index (κ1) is 21.9. The van der Waals surface area contributed by atoms with Crippen molar-refractivity contribution in [2.24, 2.45) is 5.92 Å². The number of likely N-dealkylation sites (N-methyl/N-ethyl adjacent to an activating group) is 1. The van der Waals surface area contributed by atoms with E-state index in [4.69, 9.17) is 4.74 Å². The van der Waals surface area contributed by atoms with Crippen molar-refractivity contribution in [2.45, 2.75) is 5.85 Å². The quantitative estimate of drug-likeness (QED) is 0.681. The molecule has 2 aromatic rings. The van der Waals surface area contributed by atoms with Crippen LogP contribution in [0.3, 0.4) is 0 Å². The highest BCUT2D eigenvalue weighted by molar-refractivity contribution is 5.92. The SMILES string of the molecule is CN1CCN(C(=O)C2C(F)=C(c3ccccc3)C=CC2(F)OC(=O)c2ccccc2)CC1. The standard InChI is InChI=1S/C25H24F2N2O3/c1-28-14-16-29(17-15-28)23(30)21-22(26)20(18-8-4-2-5-9-18)12-13-25(21,27)32-24(31)19-10-6-3-7-11-19/h2-13,21H,14-17H2,1H3.